The number of halogens is 1. The monoisotopic (exact) mass is 431 g/mol. The van der Waals surface area contributed by atoms with E-state index >= 15 is 0 Å². The van der Waals surface area contributed by atoms with Crippen molar-refractivity contribution in [3.63, 3.8) is 0 Å². The molecule has 8 heteroatoms. The Balaban J connectivity index is 2.15. The smallest absolute Gasteiger partial charge is 0.295 e. The summed E-state index contributed by atoms with van der Waals surface area (Å²) in [6.07, 6.45) is 0.510. The fraction of sp³-hybridized carbons (Fsp3) is 0.273. The first kappa shape index (κ1) is 21.7. The van der Waals surface area contributed by atoms with Crippen LogP contribution in [-0.4, -0.2) is 54.2 Å². The van der Waals surface area contributed by atoms with Crippen molar-refractivity contribution in [3.8, 4) is 11.5 Å². The molecule has 2 N–H and O–H groups in total. The maximum absolute atomic E-state index is 12.9. The molecule has 1 aliphatic heterocycles. The van der Waals surface area contributed by atoms with Gasteiger partial charge in [-0.05, 0) is 48.4 Å². The quantitative estimate of drug-likeness (QED) is 0.301. The van der Waals surface area contributed by atoms with Crippen LogP contribution in [0.2, 0.25) is 5.02 Å². The molecule has 0 saturated carbocycles. The Kier molecular flexibility index (Phi) is 6.64. The number of aliphatic hydroxyl groups excluding tert-OH is 1. The van der Waals surface area contributed by atoms with Crippen LogP contribution in [0.3, 0.4) is 0 Å². The van der Waals surface area contributed by atoms with E-state index in [1.54, 1.807) is 43.5 Å². The summed E-state index contributed by atoms with van der Waals surface area (Å²) in [5, 5.41) is 21.3. The van der Waals surface area contributed by atoms with Crippen LogP contribution in [0.15, 0.2) is 48.0 Å². The number of aliphatic hydroxyl groups is 1. The molecule has 30 heavy (non-hydrogen) atoms. The van der Waals surface area contributed by atoms with Gasteiger partial charge in [-0.1, -0.05) is 17.7 Å². The number of likely N-dealkylation sites (tertiary alicyclic amines) is 1. The third-order valence-corrected chi connectivity index (χ3v) is 5.18. The summed E-state index contributed by atoms with van der Waals surface area (Å²) in [4.78, 5) is 27.1. The van der Waals surface area contributed by atoms with E-state index in [-0.39, 0.29) is 29.4 Å². The number of nitrogens with zero attached hydrogens (tertiary/aromatic N) is 1. The van der Waals surface area contributed by atoms with E-state index in [1.807, 2.05) is 0 Å². The molecule has 1 amide bonds. The van der Waals surface area contributed by atoms with E-state index < -0.39 is 17.7 Å². The van der Waals surface area contributed by atoms with Crippen molar-refractivity contribution in [1.82, 2.24) is 4.90 Å². The van der Waals surface area contributed by atoms with E-state index in [1.165, 1.54) is 18.1 Å². The Morgan fingerprint density at radius 2 is 1.83 bits per heavy atom. The lowest BCUT2D eigenvalue weighted by Gasteiger charge is -2.25. The van der Waals surface area contributed by atoms with Gasteiger partial charge in [0.1, 0.15) is 5.76 Å². The Morgan fingerprint density at radius 3 is 2.47 bits per heavy atom. The molecule has 1 fully saturated rings. The molecular formula is C22H22ClNO6. The molecule has 0 bridgehead atoms. The zero-order chi connectivity index (χ0) is 21.8. The highest BCUT2D eigenvalue weighted by molar-refractivity contribution is 6.46. The van der Waals surface area contributed by atoms with Crippen molar-refractivity contribution in [2.75, 3.05) is 27.4 Å². The summed E-state index contributed by atoms with van der Waals surface area (Å²) in [5.74, 6) is -1.66. The van der Waals surface area contributed by atoms with Gasteiger partial charge in [0.15, 0.2) is 11.5 Å². The first-order chi connectivity index (χ1) is 14.4. The third-order valence-electron chi connectivity index (χ3n) is 4.92. The highest BCUT2D eigenvalue weighted by atomic mass is 35.5. The van der Waals surface area contributed by atoms with E-state index in [0.717, 1.165) is 0 Å². The first-order valence-electron chi connectivity index (χ1n) is 9.29. The van der Waals surface area contributed by atoms with Crippen LogP contribution in [-0.2, 0) is 14.3 Å². The van der Waals surface area contributed by atoms with Gasteiger partial charge in [0.25, 0.3) is 11.7 Å². The zero-order valence-electron chi connectivity index (χ0n) is 16.6. The summed E-state index contributed by atoms with van der Waals surface area (Å²) >= 11 is 5.92. The number of phenolic OH excluding ortho intramolecular Hbond substituents is 1. The minimum absolute atomic E-state index is 0.0347. The number of methoxy groups -OCH3 is 2. The number of hydrogen-bond acceptors (Lipinski definition) is 6. The molecule has 1 unspecified atom stereocenters. The largest absolute Gasteiger partial charge is 0.507 e. The average molecular weight is 432 g/mol. The number of benzene rings is 2. The predicted molar refractivity (Wildman–Crippen MR) is 112 cm³/mol. The van der Waals surface area contributed by atoms with Crippen LogP contribution >= 0.6 is 11.6 Å². The number of ketones is 1. The predicted octanol–water partition coefficient (Wildman–Crippen LogP) is 3.51. The summed E-state index contributed by atoms with van der Waals surface area (Å²) in [7, 11) is 2.96. The van der Waals surface area contributed by atoms with E-state index in [4.69, 9.17) is 21.1 Å². The second kappa shape index (κ2) is 9.19. The summed E-state index contributed by atoms with van der Waals surface area (Å²) < 4.78 is 10.2. The lowest BCUT2D eigenvalue weighted by molar-refractivity contribution is -0.140. The maximum Gasteiger partial charge on any atom is 0.295 e. The van der Waals surface area contributed by atoms with Gasteiger partial charge in [-0.2, -0.15) is 0 Å². The lowest BCUT2D eigenvalue weighted by Crippen LogP contribution is -2.31. The molecular weight excluding hydrogens is 410 g/mol. The van der Waals surface area contributed by atoms with Crippen molar-refractivity contribution in [2.24, 2.45) is 0 Å². The molecule has 0 spiro atoms. The third kappa shape index (κ3) is 4.13. The Hall–Kier alpha value is -3.03. The van der Waals surface area contributed by atoms with Crippen LogP contribution in [0, 0.1) is 0 Å². The van der Waals surface area contributed by atoms with Crippen molar-refractivity contribution in [1.29, 1.82) is 0 Å². The molecule has 1 heterocycles. The highest BCUT2D eigenvalue weighted by Crippen LogP contribution is 2.41. The van der Waals surface area contributed by atoms with Crippen molar-refractivity contribution < 1.29 is 29.3 Å². The van der Waals surface area contributed by atoms with Crippen molar-refractivity contribution in [2.45, 2.75) is 12.5 Å². The first-order valence-corrected chi connectivity index (χ1v) is 9.67. The number of amides is 1. The number of carbonyl (C=O) groups excluding carboxylic acids is 2. The van der Waals surface area contributed by atoms with Crippen molar-refractivity contribution >= 4 is 29.1 Å². The molecule has 1 atom stereocenters. The number of aromatic hydroxyl groups is 1. The summed E-state index contributed by atoms with van der Waals surface area (Å²) in [6, 6.07) is 10.0. The van der Waals surface area contributed by atoms with Crippen LogP contribution in [0.4, 0.5) is 0 Å². The number of rotatable bonds is 7. The van der Waals surface area contributed by atoms with E-state index in [9.17, 15) is 19.8 Å². The molecule has 3 rings (SSSR count). The Labute approximate surface area is 179 Å². The minimum Gasteiger partial charge on any atom is -0.507 e. The van der Waals surface area contributed by atoms with Gasteiger partial charge >= 0.3 is 0 Å². The van der Waals surface area contributed by atoms with Gasteiger partial charge in [0, 0.05) is 30.8 Å². The molecule has 7 nitrogen and oxygen atoms in total. The standard InChI is InChI=1S/C22H22ClNO6/c1-29-11-3-10-24-19(14-6-9-16(25)17(12-14)30-2)18(21(27)22(24)28)20(26)13-4-7-15(23)8-5-13/h4-9,12,19,25-26H,3,10-11H2,1-2H3/b20-18-. The highest BCUT2D eigenvalue weighted by Gasteiger charge is 2.46. The van der Waals surface area contributed by atoms with E-state index in [2.05, 4.69) is 0 Å². The van der Waals surface area contributed by atoms with Gasteiger partial charge in [-0.15, -0.1) is 0 Å². The molecule has 0 radical (unpaired) electrons. The molecule has 1 saturated heterocycles. The molecule has 2 aromatic rings. The van der Waals surface area contributed by atoms with Crippen LogP contribution in [0.5, 0.6) is 11.5 Å². The number of hydrogen-bond donors (Lipinski definition) is 2. The molecule has 0 aliphatic carbocycles. The second-order valence-corrected chi connectivity index (χ2v) is 7.21. The molecule has 1 aliphatic rings. The summed E-state index contributed by atoms with van der Waals surface area (Å²) in [6.45, 7) is 0.662. The SMILES string of the molecule is COCCCN1C(=O)C(=O)/C(=C(\O)c2ccc(Cl)cc2)C1c1ccc(O)c(OC)c1. The zero-order valence-corrected chi connectivity index (χ0v) is 17.3. The molecule has 158 valence electrons. The lowest BCUT2D eigenvalue weighted by atomic mass is 9.95. The maximum atomic E-state index is 12.9. The molecule has 2 aromatic carbocycles. The molecule has 0 aromatic heterocycles. The van der Waals surface area contributed by atoms with Gasteiger partial charge in [-0.25, -0.2) is 0 Å². The average Bonchev–Trinajstić information content (AvgIpc) is 2.99. The number of Topliss-reactive ketones (excluding diaryl/α,β-unsaturated/α-hetero) is 1. The van der Waals surface area contributed by atoms with Gasteiger partial charge in [0.2, 0.25) is 0 Å². The van der Waals surface area contributed by atoms with Crippen LogP contribution in [0.25, 0.3) is 5.76 Å². The van der Waals surface area contributed by atoms with E-state index in [0.29, 0.717) is 29.2 Å². The summed E-state index contributed by atoms with van der Waals surface area (Å²) in [5.41, 5.74) is 0.856. The van der Waals surface area contributed by atoms with Gasteiger partial charge < -0.3 is 24.6 Å². The van der Waals surface area contributed by atoms with Gasteiger partial charge in [-0.3, -0.25) is 9.59 Å². The fourth-order valence-corrected chi connectivity index (χ4v) is 3.59. The van der Waals surface area contributed by atoms with Crippen LogP contribution in [0.1, 0.15) is 23.6 Å². The minimum atomic E-state index is -0.841. The van der Waals surface area contributed by atoms with Crippen molar-refractivity contribution in [3.05, 3.63) is 64.2 Å². The van der Waals surface area contributed by atoms with Crippen LogP contribution < -0.4 is 4.74 Å². The number of ether oxygens (including phenoxy) is 2. The fourth-order valence-electron chi connectivity index (χ4n) is 3.46. The second-order valence-electron chi connectivity index (χ2n) is 6.78. The number of phenols is 1. The van der Waals surface area contributed by atoms with Gasteiger partial charge in [0.05, 0.1) is 18.7 Å². The normalized spacial score (nSPS) is 18.1. The Bertz CT molecular complexity index is 986. The topological polar surface area (TPSA) is 96.3 Å². The number of carbonyl (C=O) groups is 2. The Morgan fingerprint density at radius 1 is 1.13 bits per heavy atom.